The van der Waals surface area contributed by atoms with Gasteiger partial charge in [0.15, 0.2) is 5.82 Å². The van der Waals surface area contributed by atoms with Crippen LogP contribution in [0.15, 0.2) is 66.7 Å². The van der Waals surface area contributed by atoms with Crippen LogP contribution in [-0.2, 0) is 6.54 Å². The van der Waals surface area contributed by atoms with Crippen molar-refractivity contribution in [2.45, 2.75) is 19.4 Å². The van der Waals surface area contributed by atoms with E-state index in [0.717, 1.165) is 35.7 Å². The third kappa shape index (κ3) is 4.03. The van der Waals surface area contributed by atoms with Gasteiger partial charge in [-0.3, -0.25) is 4.79 Å². The van der Waals surface area contributed by atoms with Gasteiger partial charge in [0, 0.05) is 37.8 Å². The standard InChI is InChI=1S/C23H24N4O/c1-26(17-18-8-3-2-4-9-18)23(28)20-11-7-10-19(16-20)21-12-13-22(25-24-21)27-14-5-6-15-27/h2-4,7-13,16H,5-6,14-15,17H2,1H3. The summed E-state index contributed by atoms with van der Waals surface area (Å²) in [5.74, 6) is 0.920. The number of anilines is 1. The molecular weight excluding hydrogens is 348 g/mol. The normalized spacial score (nSPS) is 13.5. The maximum atomic E-state index is 12.8. The van der Waals surface area contributed by atoms with Gasteiger partial charge in [-0.1, -0.05) is 42.5 Å². The summed E-state index contributed by atoms with van der Waals surface area (Å²) < 4.78 is 0. The molecule has 2 heterocycles. The van der Waals surface area contributed by atoms with E-state index in [9.17, 15) is 4.79 Å². The predicted octanol–water partition coefficient (Wildman–Crippen LogP) is 4.02. The van der Waals surface area contributed by atoms with Gasteiger partial charge in [-0.05, 0) is 42.7 Å². The molecule has 0 saturated carbocycles. The number of carbonyl (C=O) groups excluding carboxylic acids is 1. The van der Waals surface area contributed by atoms with Gasteiger partial charge in [0.25, 0.3) is 5.91 Å². The van der Waals surface area contributed by atoms with Gasteiger partial charge in [0.2, 0.25) is 0 Å². The highest BCUT2D eigenvalue weighted by Gasteiger charge is 2.15. The average Bonchev–Trinajstić information content (AvgIpc) is 3.29. The minimum atomic E-state index is -0.00708. The maximum Gasteiger partial charge on any atom is 0.253 e. The molecule has 0 bridgehead atoms. The third-order valence-corrected chi connectivity index (χ3v) is 5.10. The first-order valence-corrected chi connectivity index (χ1v) is 9.69. The van der Waals surface area contributed by atoms with Crippen molar-refractivity contribution in [3.63, 3.8) is 0 Å². The lowest BCUT2D eigenvalue weighted by Gasteiger charge is -2.18. The minimum absolute atomic E-state index is 0.00708. The van der Waals surface area contributed by atoms with E-state index >= 15 is 0 Å². The Balaban J connectivity index is 1.50. The first-order valence-electron chi connectivity index (χ1n) is 9.69. The fourth-order valence-corrected chi connectivity index (χ4v) is 3.56. The van der Waals surface area contributed by atoms with Crippen LogP contribution in [0.1, 0.15) is 28.8 Å². The fraction of sp³-hybridized carbons (Fsp3) is 0.261. The highest BCUT2D eigenvalue weighted by atomic mass is 16.2. The number of rotatable bonds is 5. The van der Waals surface area contributed by atoms with E-state index in [0.29, 0.717) is 12.1 Å². The molecule has 28 heavy (non-hydrogen) atoms. The summed E-state index contributed by atoms with van der Waals surface area (Å²) in [6.07, 6.45) is 2.42. The molecule has 142 valence electrons. The van der Waals surface area contributed by atoms with Crippen molar-refractivity contribution in [3.05, 3.63) is 77.9 Å². The average molecular weight is 372 g/mol. The smallest absolute Gasteiger partial charge is 0.253 e. The Hall–Kier alpha value is -3.21. The largest absolute Gasteiger partial charge is 0.355 e. The van der Waals surface area contributed by atoms with Crippen LogP contribution < -0.4 is 4.90 Å². The molecule has 0 aliphatic carbocycles. The van der Waals surface area contributed by atoms with E-state index in [4.69, 9.17) is 0 Å². The summed E-state index contributed by atoms with van der Waals surface area (Å²) in [4.78, 5) is 16.8. The lowest BCUT2D eigenvalue weighted by Crippen LogP contribution is -2.26. The zero-order chi connectivity index (χ0) is 19.3. The molecule has 3 aromatic rings. The molecule has 5 nitrogen and oxygen atoms in total. The first-order chi connectivity index (χ1) is 13.7. The van der Waals surface area contributed by atoms with Crippen molar-refractivity contribution in [3.8, 4) is 11.3 Å². The van der Waals surface area contributed by atoms with Crippen LogP contribution in [-0.4, -0.2) is 41.1 Å². The predicted molar refractivity (Wildman–Crippen MR) is 111 cm³/mol. The van der Waals surface area contributed by atoms with E-state index in [1.165, 1.54) is 12.8 Å². The molecule has 0 N–H and O–H groups in total. The summed E-state index contributed by atoms with van der Waals surface area (Å²) in [6.45, 7) is 2.67. The summed E-state index contributed by atoms with van der Waals surface area (Å²) in [5.41, 5.74) is 3.45. The summed E-state index contributed by atoms with van der Waals surface area (Å²) >= 11 is 0. The Morgan fingerprint density at radius 3 is 2.46 bits per heavy atom. The van der Waals surface area contributed by atoms with Crippen LogP contribution in [0, 0.1) is 0 Å². The van der Waals surface area contributed by atoms with Gasteiger partial charge in [0.1, 0.15) is 0 Å². The highest BCUT2D eigenvalue weighted by molar-refractivity contribution is 5.95. The van der Waals surface area contributed by atoms with Gasteiger partial charge < -0.3 is 9.80 Å². The Kier molecular flexibility index (Phi) is 5.33. The second-order valence-corrected chi connectivity index (χ2v) is 7.20. The SMILES string of the molecule is CN(Cc1ccccc1)C(=O)c1cccc(-c2ccc(N3CCCC3)nn2)c1. The van der Waals surface area contributed by atoms with Crippen molar-refractivity contribution in [2.24, 2.45) is 0 Å². The molecule has 1 aliphatic rings. The van der Waals surface area contributed by atoms with E-state index in [1.807, 2.05) is 73.8 Å². The zero-order valence-electron chi connectivity index (χ0n) is 16.1. The lowest BCUT2D eigenvalue weighted by molar-refractivity contribution is 0.0785. The number of benzene rings is 2. The van der Waals surface area contributed by atoms with Crippen LogP contribution >= 0.6 is 0 Å². The summed E-state index contributed by atoms with van der Waals surface area (Å²) in [6, 6.07) is 21.6. The molecule has 0 radical (unpaired) electrons. The number of hydrogen-bond acceptors (Lipinski definition) is 4. The number of carbonyl (C=O) groups is 1. The Labute approximate surface area is 165 Å². The maximum absolute atomic E-state index is 12.8. The molecule has 2 aromatic carbocycles. The second-order valence-electron chi connectivity index (χ2n) is 7.20. The van der Waals surface area contributed by atoms with Crippen LogP contribution in [0.2, 0.25) is 0 Å². The molecule has 1 fully saturated rings. The quantitative estimate of drug-likeness (QED) is 0.679. The molecule has 5 heteroatoms. The molecule has 4 rings (SSSR count). The number of amides is 1. The van der Waals surface area contributed by atoms with Crippen LogP contribution in [0.3, 0.4) is 0 Å². The number of nitrogens with zero attached hydrogens (tertiary/aromatic N) is 4. The van der Waals surface area contributed by atoms with E-state index in [1.54, 1.807) is 4.90 Å². The van der Waals surface area contributed by atoms with Gasteiger partial charge in [0.05, 0.1) is 5.69 Å². The van der Waals surface area contributed by atoms with Crippen LogP contribution in [0.5, 0.6) is 0 Å². The summed E-state index contributed by atoms with van der Waals surface area (Å²) in [7, 11) is 1.83. The van der Waals surface area contributed by atoms with Gasteiger partial charge in [-0.15, -0.1) is 10.2 Å². The van der Waals surface area contributed by atoms with Crippen molar-refractivity contribution in [2.75, 3.05) is 25.0 Å². The second kappa shape index (κ2) is 8.21. The first kappa shape index (κ1) is 18.2. The van der Waals surface area contributed by atoms with Crippen molar-refractivity contribution >= 4 is 11.7 Å². The van der Waals surface area contributed by atoms with Crippen LogP contribution in [0.25, 0.3) is 11.3 Å². The number of hydrogen-bond donors (Lipinski definition) is 0. The summed E-state index contributed by atoms with van der Waals surface area (Å²) in [5, 5.41) is 8.77. The van der Waals surface area contributed by atoms with E-state index in [2.05, 4.69) is 15.1 Å². The molecule has 1 aliphatic heterocycles. The Bertz CT molecular complexity index is 934. The molecule has 0 unspecified atom stereocenters. The number of aromatic nitrogens is 2. The van der Waals surface area contributed by atoms with E-state index < -0.39 is 0 Å². The van der Waals surface area contributed by atoms with E-state index in [-0.39, 0.29) is 5.91 Å². The minimum Gasteiger partial charge on any atom is -0.355 e. The Morgan fingerprint density at radius 1 is 0.964 bits per heavy atom. The molecular formula is C23H24N4O. The molecule has 1 amide bonds. The molecule has 1 saturated heterocycles. The van der Waals surface area contributed by atoms with Crippen molar-refractivity contribution in [1.82, 2.24) is 15.1 Å². The topological polar surface area (TPSA) is 49.3 Å². The molecule has 1 aromatic heterocycles. The van der Waals surface area contributed by atoms with Gasteiger partial charge >= 0.3 is 0 Å². The van der Waals surface area contributed by atoms with Crippen molar-refractivity contribution in [1.29, 1.82) is 0 Å². The highest BCUT2D eigenvalue weighted by Crippen LogP contribution is 2.22. The Morgan fingerprint density at radius 2 is 1.75 bits per heavy atom. The zero-order valence-corrected chi connectivity index (χ0v) is 16.1. The molecule has 0 spiro atoms. The van der Waals surface area contributed by atoms with Crippen LogP contribution in [0.4, 0.5) is 5.82 Å². The van der Waals surface area contributed by atoms with Gasteiger partial charge in [-0.25, -0.2) is 0 Å². The fourth-order valence-electron chi connectivity index (χ4n) is 3.56. The monoisotopic (exact) mass is 372 g/mol. The molecule has 0 atom stereocenters. The lowest BCUT2D eigenvalue weighted by atomic mass is 10.1. The van der Waals surface area contributed by atoms with Crippen molar-refractivity contribution < 1.29 is 4.79 Å². The third-order valence-electron chi connectivity index (χ3n) is 5.10. The van der Waals surface area contributed by atoms with Gasteiger partial charge in [-0.2, -0.15) is 0 Å².